The molecule has 0 aliphatic carbocycles. The van der Waals surface area contributed by atoms with E-state index in [1.165, 1.54) is 123 Å². The van der Waals surface area contributed by atoms with Gasteiger partial charge in [0, 0.05) is 39.2 Å². The fourth-order valence-corrected chi connectivity index (χ4v) is 10.2. The van der Waals surface area contributed by atoms with Crippen molar-refractivity contribution in [1.29, 1.82) is 0 Å². The number of phosphoric acid groups is 1. The smallest absolute Gasteiger partial charge is 0.462 e. The number of carbonyl (C=O) groups is 8. The highest BCUT2D eigenvalue weighted by molar-refractivity contribution is 7.47. The van der Waals surface area contributed by atoms with E-state index in [-0.39, 0.29) is 25.8 Å². The Balaban J connectivity index is 2.61. The summed E-state index contributed by atoms with van der Waals surface area (Å²) >= 11 is 0. The van der Waals surface area contributed by atoms with Crippen molar-refractivity contribution < 1.29 is 92.5 Å². The minimum Gasteiger partial charge on any atom is -0.462 e. The maximum atomic E-state index is 13.0. The van der Waals surface area contributed by atoms with Gasteiger partial charge in [-0.15, -0.1) is 0 Å². The van der Waals surface area contributed by atoms with Crippen LogP contribution in [0.25, 0.3) is 0 Å². The van der Waals surface area contributed by atoms with Gasteiger partial charge in [-0.3, -0.25) is 47.4 Å². The van der Waals surface area contributed by atoms with Crippen LogP contribution in [0.3, 0.4) is 0 Å². The number of aliphatic hydroxyl groups excluding tert-OH is 3. The van der Waals surface area contributed by atoms with Crippen LogP contribution in [-0.4, -0.2) is 162 Å². The second-order valence-corrected chi connectivity index (χ2v) is 23.7. The Morgan fingerprint density at radius 1 is 0.635 bits per heavy atom. The van der Waals surface area contributed by atoms with Crippen molar-refractivity contribution >= 4 is 55.2 Å². The number of aliphatic hydroxyl groups is 3. The molecule has 10 atom stereocenters. The minimum atomic E-state index is -4.80. The molecule has 1 saturated heterocycles. The predicted molar refractivity (Wildman–Crippen MR) is 318 cm³/mol. The van der Waals surface area contributed by atoms with E-state index in [1.54, 1.807) is 0 Å². The van der Waals surface area contributed by atoms with Crippen molar-refractivity contribution in [1.82, 2.24) is 26.6 Å². The molecular formula is C59H109N6O19P. The number of carbonyl (C=O) groups excluding carboxylic acids is 8. The lowest BCUT2D eigenvalue weighted by molar-refractivity contribution is -0.261. The maximum absolute atomic E-state index is 13.0. The van der Waals surface area contributed by atoms with Crippen molar-refractivity contribution in [3.63, 3.8) is 0 Å². The molecule has 6 amide bonds. The standard InChI is InChI=1S/C59H109N6O19P/c1-6-8-10-12-14-16-18-20-22-24-26-28-30-32-51(70)80-41-46(83-52(71)33-31-29-27-25-23-21-19-17-15-13-11-9-7-2)42-82-85(77,78)81-39-37-61-57(74)43(3)62-49(68)35-34-47(56(60)73)65-58(75)44(4)63-50(69)36-38-79-55-53(64-45(5)67)59(76)84-48(40-66)54(55)72/h43-44,46-48,53-55,59,66,72,76H,6-42H2,1-5H3,(H2,60,73)(H,61,74)(H,62,68)(H,63,69)(H,64,67)(H,65,75)(H,77,78)/t43-,44-,46+,47-,48+,53+,54+,55+,59?/m0/s1/i/hD. The molecule has 85 heavy (non-hydrogen) atoms. The summed E-state index contributed by atoms with van der Waals surface area (Å²) in [6, 6.07) is -5.39. The summed E-state index contributed by atoms with van der Waals surface area (Å²) in [5.41, 5.74) is 5.47. The molecule has 0 aromatic carbocycles. The minimum absolute atomic E-state index is 0.107. The van der Waals surface area contributed by atoms with E-state index >= 15 is 0 Å². The molecule has 26 heteroatoms. The molecule has 0 aromatic heterocycles. The number of nitrogens with one attached hydrogen (secondary N) is 5. The molecule has 1 aliphatic rings. The zero-order valence-electron chi connectivity index (χ0n) is 52.7. The number of amides is 6. The number of nitrogens with two attached hydrogens (primary N) is 1. The summed E-state index contributed by atoms with van der Waals surface area (Å²) in [6.45, 7) is 5.06. The number of ether oxygens (including phenoxy) is 4. The van der Waals surface area contributed by atoms with E-state index in [1.807, 2.05) is 0 Å². The lowest BCUT2D eigenvalue weighted by atomic mass is 9.96. The zero-order valence-corrected chi connectivity index (χ0v) is 52.6. The molecule has 1 aliphatic heterocycles. The third kappa shape index (κ3) is 40.0. The highest BCUT2D eigenvalue weighted by atomic mass is 31.2. The van der Waals surface area contributed by atoms with Crippen LogP contribution in [0.1, 0.15) is 234 Å². The molecule has 1 fully saturated rings. The fraction of sp³-hybridized carbons (Fsp3) is 0.864. The van der Waals surface area contributed by atoms with Crippen molar-refractivity contribution in [2.75, 3.05) is 39.6 Å². The fourth-order valence-electron chi connectivity index (χ4n) is 9.42. The highest BCUT2D eigenvalue weighted by Crippen LogP contribution is 2.43. The van der Waals surface area contributed by atoms with Gasteiger partial charge in [0.15, 0.2) is 13.8 Å². The zero-order chi connectivity index (χ0) is 64.1. The van der Waals surface area contributed by atoms with Gasteiger partial charge in [0.05, 0.1) is 26.4 Å². The summed E-state index contributed by atoms with van der Waals surface area (Å²) in [5, 5.41) is 40.2. The number of hydrogen-bond acceptors (Lipinski definition) is 18. The van der Waals surface area contributed by atoms with Gasteiger partial charge in [-0.05, 0) is 33.1 Å². The number of primary amides is 1. The number of hydrogen-bond donors (Lipinski definition) is 10. The van der Waals surface area contributed by atoms with Crippen molar-refractivity contribution in [3.05, 3.63) is 0 Å². The molecule has 0 aromatic rings. The molecule has 494 valence electrons. The van der Waals surface area contributed by atoms with Gasteiger partial charge in [0.25, 0.3) is 0 Å². The lowest BCUT2D eigenvalue weighted by Crippen LogP contribution is -2.64. The summed E-state index contributed by atoms with van der Waals surface area (Å²) in [5.74, 6) is -6.10. The van der Waals surface area contributed by atoms with E-state index in [2.05, 4.69) is 35.1 Å². The van der Waals surface area contributed by atoms with Gasteiger partial charge in [0.1, 0.15) is 49.1 Å². The van der Waals surface area contributed by atoms with Gasteiger partial charge < -0.3 is 71.5 Å². The number of esters is 2. The average molecular weight is 1240 g/mol. The summed E-state index contributed by atoms with van der Waals surface area (Å²) in [6.07, 6.45) is 21.8. The number of unbranched alkanes of at least 4 members (excludes halogenated alkanes) is 24. The first-order valence-corrected chi connectivity index (χ1v) is 33.0. The summed E-state index contributed by atoms with van der Waals surface area (Å²) < 4.78 is 52.9. The van der Waals surface area contributed by atoms with Crippen LogP contribution < -0.4 is 32.3 Å². The first-order valence-electron chi connectivity index (χ1n) is 32.0. The largest absolute Gasteiger partial charge is 0.472 e. The second-order valence-electron chi connectivity index (χ2n) is 22.2. The van der Waals surface area contributed by atoms with E-state index in [4.69, 9.17) is 35.1 Å². The van der Waals surface area contributed by atoms with Crippen LogP contribution >= 0.6 is 7.82 Å². The second kappa shape index (κ2) is 48.7. The molecular weight excluding hydrogens is 1130 g/mol. The monoisotopic (exact) mass is 1240 g/mol. The van der Waals surface area contributed by atoms with Crippen molar-refractivity contribution in [2.45, 2.75) is 289 Å². The summed E-state index contributed by atoms with van der Waals surface area (Å²) in [7, 11) is -4.80. The van der Waals surface area contributed by atoms with Crippen molar-refractivity contribution in [2.24, 2.45) is 5.73 Å². The average Bonchev–Trinajstić information content (AvgIpc) is 1.89. The third-order valence-corrected chi connectivity index (χ3v) is 15.4. The molecule has 1 rings (SSSR count). The Bertz CT molecular complexity index is 1980. The van der Waals surface area contributed by atoms with E-state index in [0.29, 0.717) is 18.2 Å². The van der Waals surface area contributed by atoms with Crippen LogP contribution in [0.5, 0.6) is 0 Å². The van der Waals surface area contributed by atoms with Crippen LogP contribution in [0, 0.1) is 0 Å². The highest BCUT2D eigenvalue weighted by Gasteiger charge is 2.46. The molecule has 0 spiro atoms. The number of rotatable bonds is 53. The molecule has 0 radical (unpaired) electrons. The first-order chi connectivity index (χ1) is 41.1. The van der Waals surface area contributed by atoms with Crippen LogP contribution in [0.2, 0.25) is 1.41 Å². The number of phosphoric ester groups is 1. The maximum Gasteiger partial charge on any atom is 0.472 e. The van der Waals surface area contributed by atoms with Gasteiger partial charge >= 0.3 is 19.8 Å². The Hall–Kier alpha value is -4.33. The van der Waals surface area contributed by atoms with Crippen LogP contribution in [0.4, 0.5) is 0 Å². The van der Waals surface area contributed by atoms with Gasteiger partial charge in [0.2, 0.25) is 35.4 Å². The Kier molecular flexibility index (Phi) is 43.9. The van der Waals surface area contributed by atoms with E-state index in [0.717, 1.165) is 51.9 Å². The van der Waals surface area contributed by atoms with Crippen LogP contribution in [-0.2, 0) is 70.9 Å². The molecule has 0 saturated carbocycles. The van der Waals surface area contributed by atoms with Gasteiger partial charge in [-0.2, -0.15) is 0 Å². The molecule has 25 nitrogen and oxygen atoms in total. The Morgan fingerprint density at radius 3 is 1.64 bits per heavy atom. The quantitative estimate of drug-likeness (QED) is 0.0196. The van der Waals surface area contributed by atoms with Gasteiger partial charge in [-0.25, -0.2) is 4.57 Å². The molecule has 2 unspecified atom stereocenters. The predicted octanol–water partition coefficient (Wildman–Crippen LogP) is 5.76. The van der Waals surface area contributed by atoms with Crippen molar-refractivity contribution in [3.8, 4) is 0 Å². The Morgan fingerprint density at radius 2 is 1.14 bits per heavy atom. The molecule has 11 N–H and O–H groups in total. The normalized spacial score (nSPS) is 19.0. The molecule has 1 heterocycles. The van der Waals surface area contributed by atoms with Crippen LogP contribution in [0.15, 0.2) is 0 Å². The van der Waals surface area contributed by atoms with E-state index < -0.39 is 156 Å². The van der Waals surface area contributed by atoms with Gasteiger partial charge in [-0.1, -0.05) is 168 Å². The third-order valence-electron chi connectivity index (χ3n) is 14.5. The topological polar surface area (TPSA) is 376 Å². The lowest BCUT2D eigenvalue weighted by Gasteiger charge is -2.42. The first kappa shape index (κ1) is 76.8. The summed E-state index contributed by atoms with van der Waals surface area (Å²) in [4.78, 5) is 111. The SMILES string of the molecule is [2H]N(C(=O)CCO[C@H]1[C@H](O)[C@@H](CO)OC(O)[C@@H]1NC(C)=O)[C@@H](C)C(=O)N[C@@H](CCC(=O)N[C@@H](C)C(=O)NCCOP(=O)(O)OC[C@@H](COC(=O)CCCCCCCCCCCCCCC)OC(=O)CCCCCCCCCCCCCCC)C(N)=O. The van der Waals surface area contributed by atoms with E-state index in [9.17, 15) is 63.1 Å². The molecule has 0 bridgehead atoms. The Labute approximate surface area is 506 Å².